The lowest BCUT2D eigenvalue weighted by atomic mass is 10.0. The summed E-state index contributed by atoms with van der Waals surface area (Å²) in [6, 6.07) is -1.08. The minimum atomic E-state index is -1.13. The summed E-state index contributed by atoms with van der Waals surface area (Å²) in [6.45, 7) is 3.74. The van der Waals surface area contributed by atoms with E-state index in [4.69, 9.17) is 10.8 Å². The van der Waals surface area contributed by atoms with Gasteiger partial charge in [-0.05, 0) is 5.92 Å². The third-order valence-corrected chi connectivity index (χ3v) is 2.14. The van der Waals surface area contributed by atoms with Crippen LogP contribution in [0.4, 0.5) is 0 Å². The molecule has 0 aliphatic carbocycles. The first-order valence-corrected chi connectivity index (χ1v) is 4.62. The Morgan fingerprint density at radius 2 is 2.20 bits per heavy atom. The number of carboxylic acids is 1. The molecule has 0 unspecified atom stereocenters. The summed E-state index contributed by atoms with van der Waals surface area (Å²) >= 11 is 0. The first-order valence-electron chi connectivity index (χ1n) is 4.62. The molecule has 0 amide bonds. The number of aliphatic carboxylic acids is 1. The molecule has 1 aromatic rings. The standard InChI is InChI=1S/C9H14N2O4/c1-4(2)7-5(9(14)15-11-7)3-6(10)8(12)13/h4,6,11H,3,10H2,1-2H3,(H,12,13)/t6-/m0/s1. The van der Waals surface area contributed by atoms with Crippen LogP contribution in [0.3, 0.4) is 0 Å². The molecule has 1 heterocycles. The van der Waals surface area contributed by atoms with Crippen molar-refractivity contribution >= 4 is 5.97 Å². The van der Waals surface area contributed by atoms with Gasteiger partial charge in [-0.1, -0.05) is 13.8 Å². The van der Waals surface area contributed by atoms with Crippen LogP contribution >= 0.6 is 0 Å². The van der Waals surface area contributed by atoms with Gasteiger partial charge in [0.2, 0.25) is 0 Å². The molecule has 1 aromatic heterocycles. The van der Waals surface area contributed by atoms with Crippen molar-refractivity contribution in [2.45, 2.75) is 32.2 Å². The molecule has 0 bridgehead atoms. The minimum Gasteiger partial charge on any atom is -0.480 e. The monoisotopic (exact) mass is 214 g/mol. The van der Waals surface area contributed by atoms with Crippen molar-refractivity contribution in [2.75, 3.05) is 0 Å². The fourth-order valence-electron chi connectivity index (χ4n) is 1.30. The van der Waals surface area contributed by atoms with E-state index in [1.807, 2.05) is 13.8 Å². The number of carboxylic acid groups (broad SMARTS) is 1. The Balaban J connectivity index is 2.98. The second-order valence-corrected chi connectivity index (χ2v) is 3.69. The zero-order valence-electron chi connectivity index (χ0n) is 8.61. The summed E-state index contributed by atoms with van der Waals surface area (Å²) in [7, 11) is 0. The molecule has 15 heavy (non-hydrogen) atoms. The number of hydrogen-bond acceptors (Lipinski definition) is 4. The highest BCUT2D eigenvalue weighted by molar-refractivity contribution is 5.73. The van der Waals surface area contributed by atoms with Gasteiger partial charge in [0.25, 0.3) is 0 Å². The van der Waals surface area contributed by atoms with Gasteiger partial charge in [-0.3, -0.25) is 4.79 Å². The molecular formula is C9H14N2O4. The second kappa shape index (κ2) is 4.31. The first-order chi connectivity index (χ1) is 6.93. The molecule has 6 heteroatoms. The Hall–Kier alpha value is -1.56. The van der Waals surface area contributed by atoms with Crippen LogP contribution in [0.1, 0.15) is 31.0 Å². The molecule has 0 saturated heterocycles. The molecule has 0 saturated carbocycles. The number of nitrogens with one attached hydrogen (secondary N) is 1. The molecule has 0 fully saturated rings. The molecule has 0 aromatic carbocycles. The van der Waals surface area contributed by atoms with E-state index < -0.39 is 17.6 Å². The van der Waals surface area contributed by atoms with Crippen molar-refractivity contribution in [1.29, 1.82) is 0 Å². The predicted octanol–water partition coefficient (Wildman–Crippen LogP) is 0.0457. The van der Waals surface area contributed by atoms with Gasteiger partial charge in [0.1, 0.15) is 6.04 Å². The van der Waals surface area contributed by atoms with E-state index >= 15 is 0 Å². The van der Waals surface area contributed by atoms with Crippen molar-refractivity contribution in [3.8, 4) is 0 Å². The highest BCUT2D eigenvalue weighted by Crippen LogP contribution is 2.15. The van der Waals surface area contributed by atoms with Gasteiger partial charge in [-0.2, -0.15) is 0 Å². The maximum Gasteiger partial charge on any atom is 0.360 e. The SMILES string of the molecule is CC(C)c1[nH]oc(=O)c1C[C@H](N)C(=O)O. The van der Waals surface area contributed by atoms with Gasteiger partial charge < -0.3 is 15.4 Å². The predicted molar refractivity (Wildman–Crippen MR) is 52.7 cm³/mol. The quantitative estimate of drug-likeness (QED) is 0.655. The average molecular weight is 214 g/mol. The summed E-state index contributed by atoms with van der Waals surface area (Å²) < 4.78 is 4.61. The Bertz CT molecular complexity index is 404. The lowest BCUT2D eigenvalue weighted by Gasteiger charge is -2.06. The van der Waals surface area contributed by atoms with Gasteiger partial charge in [-0.25, -0.2) is 9.95 Å². The molecule has 0 aliphatic heterocycles. The van der Waals surface area contributed by atoms with E-state index in [9.17, 15) is 9.59 Å². The number of carbonyl (C=O) groups is 1. The van der Waals surface area contributed by atoms with Crippen LogP contribution in [0.25, 0.3) is 0 Å². The topological polar surface area (TPSA) is 109 Å². The summed E-state index contributed by atoms with van der Waals surface area (Å²) in [5.41, 5.74) is 5.73. The van der Waals surface area contributed by atoms with E-state index in [2.05, 4.69) is 9.68 Å². The largest absolute Gasteiger partial charge is 0.480 e. The summed E-state index contributed by atoms with van der Waals surface area (Å²) in [6.07, 6.45) is -0.0192. The Kier molecular flexibility index (Phi) is 3.31. The van der Waals surface area contributed by atoms with Gasteiger partial charge in [0, 0.05) is 6.42 Å². The molecule has 4 N–H and O–H groups in total. The average Bonchev–Trinajstić information content (AvgIpc) is 2.48. The molecule has 1 atom stereocenters. The molecule has 0 aliphatic rings. The molecule has 0 spiro atoms. The zero-order valence-corrected chi connectivity index (χ0v) is 8.61. The Labute approximate surface area is 86.0 Å². The zero-order chi connectivity index (χ0) is 11.6. The number of H-pyrrole nitrogens is 1. The van der Waals surface area contributed by atoms with Gasteiger partial charge >= 0.3 is 11.6 Å². The van der Waals surface area contributed by atoms with Crippen LogP contribution in [0, 0.1) is 0 Å². The maximum atomic E-state index is 11.3. The van der Waals surface area contributed by atoms with E-state index in [1.165, 1.54) is 0 Å². The Morgan fingerprint density at radius 3 is 2.67 bits per heavy atom. The number of rotatable bonds is 4. The molecular weight excluding hydrogens is 200 g/mol. The highest BCUT2D eigenvalue weighted by Gasteiger charge is 2.21. The second-order valence-electron chi connectivity index (χ2n) is 3.69. The third-order valence-electron chi connectivity index (χ3n) is 2.14. The molecule has 0 radical (unpaired) electrons. The van der Waals surface area contributed by atoms with E-state index in [0.29, 0.717) is 11.3 Å². The lowest BCUT2D eigenvalue weighted by molar-refractivity contribution is -0.138. The van der Waals surface area contributed by atoms with Gasteiger partial charge in [0.15, 0.2) is 0 Å². The van der Waals surface area contributed by atoms with Gasteiger partial charge in [-0.15, -0.1) is 0 Å². The van der Waals surface area contributed by atoms with Crippen LogP contribution in [0.5, 0.6) is 0 Å². The van der Waals surface area contributed by atoms with E-state index in [0.717, 1.165) is 0 Å². The number of aromatic amines is 1. The summed E-state index contributed by atoms with van der Waals surface area (Å²) in [5.74, 6) is -1.07. The normalized spacial score (nSPS) is 13.1. The van der Waals surface area contributed by atoms with Crippen molar-refractivity contribution in [3.05, 3.63) is 21.7 Å². The minimum absolute atomic E-state index is 0.0192. The fraction of sp³-hybridized carbons (Fsp3) is 0.556. The van der Waals surface area contributed by atoms with Gasteiger partial charge in [0.05, 0.1) is 11.3 Å². The number of aromatic nitrogens is 1. The third kappa shape index (κ3) is 2.47. The van der Waals surface area contributed by atoms with Crippen LogP contribution in [0.15, 0.2) is 9.32 Å². The van der Waals surface area contributed by atoms with Crippen molar-refractivity contribution in [2.24, 2.45) is 5.73 Å². The van der Waals surface area contributed by atoms with Crippen molar-refractivity contribution in [3.63, 3.8) is 0 Å². The molecule has 84 valence electrons. The molecule has 1 rings (SSSR count). The van der Waals surface area contributed by atoms with Crippen LogP contribution in [0.2, 0.25) is 0 Å². The number of nitrogens with two attached hydrogens (primary N) is 1. The summed E-state index contributed by atoms with van der Waals surface area (Å²) in [4.78, 5) is 21.8. The van der Waals surface area contributed by atoms with Crippen LogP contribution in [-0.2, 0) is 11.2 Å². The highest BCUT2D eigenvalue weighted by atomic mass is 16.5. The first kappa shape index (κ1) is 11.5. The van der Waals surface area contributed by atoms with E-state index in [-0.39, 0.29) is 12.3 Å². The van der Waals surface area contributed by atoms with Crippen molar-refractivity contribution < 1.29 is 14.4 Å². The maximum absolute atomic E-state index is 11.3. The molecule has 6 nitrogen and oxygen atoms in total. The van der Waals surface area contributed by atoms with E-state index in [1.54, 1.807) is 0 Å². The Morgan fingerprint density at radius 1 is 1.60 bits per heavy atom. The lowest BCUT2D eigenvalue weighted by Crippen LogP contribution is -2.33. The fourth-order valence-corrected chi connectivity index (χ4v) is 1.30. The smallest absolute Gasteiger partial charge is 0.360 e. The summed E-state index contributed by atoms with van der Waals surface area (Å²) in [5, 5.41) is 11.1. The van der Waals surface area contributed by atoms with Crippen molar-refractivity contribution in [1.82, 2.24) is 5.16 Å². The number of hydrogen-bond donors (Lipinski definition) is 3. The van der Waals surface area contributed by atoms with Crippen LogP contribution < -0.4 is 11.4 Å². The van der Waals surface area contributed by atoms with Crippen LogP contribution in [-0.4, -0.2) is 22.3 Å².